The lowest BCUT2D eigenvalue weighted by molar-refractivity contribution is 0.267. The molecule has 2 aliphatic carbocycles. The van der Waals surface area contributed by atoms with Crippen molar-refractivity contribution in [1.29, 1.82) is 0 Å². The maximum atomic E-state index is 6.27. The van der Waals surface area contributed by atoms with Crippen molar-refractivity contribution in [2.24, 2.45) is 0 Å². The van der Waals surface area contributed by atoms with Gasteiger partial charge in [-0.25, -0.2) is 0 Å². The fourth-order valence-electron chi connectivity index (χ4n) is 6.46. The second-order valence-electron chi connectivity index (χ2n) is 11.8. The van der Waals surface area contributed by atoms with Gasteiger partial charge in [0.2, 0.25) is 0 Å². The van der Waals surface area contributed by atoms with Crippen LogP contribution in [-0.2, 0) is 16.2 Å². The van der Waals surface area contributed by atoms with Crippen LogP contribution < -0.4 is 14.2 Å². The number of ether oxygens (including phenoxy) is 3. The first-order chi connectivity index (χ1) is 16.1. The van der Waals surface area contributed by atoms with Crippen molar-refractivity contribution >= 4 is 0 Å². The molecular formula is C31H44O3. The van der Waals surface area contributed by atoms with Crippen molar-refractivity contribution in [1.82, 2.24) is 0 Å². The number of benzene rings is 2. The monoisotopic (exact) mass is 464 g/mol. The fourth-order valence-corrected chi connectivity index (χ4v) is 6.46. The van der Waals surface area contributed by atoms with Crippen LogP contribution in [0.5, 0.6) is 17.2 Å². The van der Waals surface area contributed by atoms with Crippen LogP contribution in [-0.4, -0.2) is 19.8 Å². The van der Waals surface area contributed by atoms with Crippen LogP contribution in [0.25, 0.3) is 0 Å². The summed E-state index contributed by atoms with van der Waals surface area (Å²) in [5, 5.41) is 0. The van der Waals surface area contributed by atoms with Gasteiger partial charge in [-0.05, 0) is 95.9 Å². The Bertz CT molecular complexity index is 1050. The van der Waals surface area contributed by atoms with Crippen molar-refractivity contribution in [3.05, 3.63) is 52.1 Å². The summed E-state index contributed by atoms with van der Waals surface area (Å²) in [4.78, 5) is 0. The molecule has 0 saturated carbocycles. The molecule has 186 valence electrons. The van der Waals surface area contributed by atoms with E-state index >= 15 is 0 Å². The van der Waals surface area contributed by atoms with Crippen molar-refractivity contribution in [3.63, 3.8) is 0 Å². The molecule has 0 bridgehead atoms. The van der Waals surface area contributed by atoms with E-state index in [1.54, 1.807) is 0 Å². The molecule has 2 aliphatic rings. The highest BCUT2D eigenvalue weighted by atomic mass is 16.5. The smallest absolute Gasteiger partial charge is 0.161 e. The zero-order valence-electron chi connectivity index (χ0n) is 22.7. The molecule has 4 rings (SSSR count). The second kappa shape index (κ2) is 9.13. The van der Waals surface area contributed by atoms with E-state index in [1.165, 1.54) is 27.8 Å². The molecule has 3 nitrogen and oxygen atoms in total. The molecule has 2 aromatic carbocycles. The number of fused-ring (bicyclic) bond motifs is 4. The Hall–Kier alpha value is -2.16. The lowest BCUT2D eigenvalue weighted by Gasteiger charge is -2.31. The third-order valence-electron chi connectivity index (χ3n) is 7.76. The SMILES string of the molecule is CCCOc1cc2c(cc1C)C(C)(C)CC21CC(C)(C)c2cc(OCCC)c(OCCC)cc21. The summed E-state index contributed by atoms with van der Waals surface area (Å²) in [6, 6.07) is 9.38. The number of aryl methyl sites for hydroxylation is 1. The average molecular weight is 465 g/mol. The molecule has 0 saturated heterocycles. The highest BCUT2D eigenvalue weighted by Crippen LogP contribution is 2.64. The largest absolute Gasteiger partial charge is 0.493 e. The zero-order chi connectivity index (χ0) is 24.7. The lowest BCUT2D eigenvalue weighted by atomic mass is 9.72. The Morgan fingerprint density at radius 3 is 1.44 bits per heavy atom. The summed E-state index contributed by atoms with van der Waals surface area (Å²) >= 11 is 0. The topological polar surface area (TPSA) is 27.7 Å². The molecule has 1 unspecified atom stereocenters. The van der Waals surface area contributed by atoms with E-state index in [0.29, 0.717) is 13.2 Å². The zero-order valence-corrected chi connectivity index (χ0v) is 22.7. The quantitative estimate of drug-likeness (QED) is 0.376. The average Bonchev–Trinajstić information content (AvgIpc) is 3.13. The van der Waals surface area contributed by atoms with Crippen LogP contribution in [0.1, 0.15) is 108 Å². The van der Waals surface area contributed by atoms with Crippen molar-refractivity contribution in [3.8, 4) is 17.2 Å². The van der Waals surface area contributed by atoms with E-state index in [9.17, 15) is 0 Å². The second-order valence-corrected chi connectivity index (χ2v) is 11.8. The van der Waals surface area contributed by atoms with Gasteiger partial charge in [0.15, 0.2) is 11.5 Å². The number of rotatable bonds is 9. The van der Waals surface area contributed by atoms with Gasteiger partial charge in [0, 0.05) is 5.41 Å². The first kappa shape index (κ1) is 24.9. The van der Waals surface area contributed by atoms with Crippen LogP contribution in [0, 0.1) is 6.92 Å². The molecule has 0 aromatic heterocycles. The number of hydrogen-bond donors (Lipinski definition) is 0. The third kappa shape index (κ3) is 4.10. The summed E-state index contributed by atoms with van der Waals surface area (Å²) in [5.74, 6) is 2.83. The molecule has 2 aromatic rings. The van der Waals surface area contributed by atoms with Gasteiger partial charge >= 0.3 is 0 Å². The van der Waals surface area contributed by atoms with Gasteiger partial charge < -0.3 is 14.2 Å². The summed E-state index contributed by atoms with van der Waals surface area (Å²) < 4.78 is 18.7. The molecule has 34 heavy (non-hydrogen) atoms. The molecule has 0 fully saturated rings. The Morgan fingerprint density at radius 1 is 0.588 bits per heavy atom. The van der Waals surface area contributed by atoms with Gasteiger partial charge in [0.25, 0.3) is 0 Å². The molecule has 0 N–H and O–H groups in total. The first-order valence-corrected chi connectivity index (χ1v) is 13.3. The van der Waals surface area contributed by atoms with Crippen LogP contribution in [0.3, 0.4) is 0 Å². The van der Waals surface area contributed by atoms with Gasteiger partial charge in [-0.15, -0.1) is 0 Å². The predicted octanol–water partition coefficient (Wildman–Crippen LogP) is 8.01. The highest BCUT2D eigenvalue weighted by Gasteiger charge is 2.56. The van der Waals surface area contributed by atoms with E-state index in [2.05, 4.69) is 79.7 Å². The van der Waals surface area contributed by atoms with Gasteiger partial charge in [0.05, 0.1) is 19.8 Å². The Morgan fingerprint density at radius 2 is 0.971 bits per heavy atom. The van der Waals surface area contributed by atoms with Gasteiger partial charge in [-0.1, -0.05) is 54.5 Å². The van der Waals surface area contributed by atoms with E-state index in [-0.39, 0.29) is 16.2 Å². The molecule has 1 spiro atoms. The van der Waals surface area contributed by atoms with Crippen molar-refractivity contribution in [2.45, 2.75) is 104 Å². The van der Waals surface area contributed by atoms with E-state index in [4.69, 9.17) is 14.2 Å². The van der Waals surface area contributed by atoms with E-state index < -0.39 is 0 Å². The minimum absolute atomic E-state index is 0.0384. The molecular weight excluding hydrogens is 420 g/mol. The standard InChI is InChI=1S/C31H44O3/c1-9-12-32-26-17-24-22(15-21(26)4)29(5,6)19-31(24)20-30(7,8)23-16-27(33-13-10-2)28(18-25(23)31)34-14-11-3/h15-18H,9-14,19-20H2,1-8H3. The minimum Gasteiger partial charge on any atom is -0.493 e. The lowest BCUT2D eigenvalue weighted by Crippen LogP contribution is -2.27. The third-order valence-corrected chi connectivity index (χ3v) is 7.76. The minimum atomic E-state index is -0.0384. The van der Waals surface area contributed by atoms with Gasteiger partial charge in [0.1, 0.15) is 5.75 Å². The van der Waals surface area contributed by atoms with Crippen LogP contribution in [0.4, 0.5) is 0 Å². The molecule has 0 aliphatic heterocycles. The maximum Gasteiger partial charge on any atom is 0.161 e. The highest BCUT2D eigenvalue weighted by molar-refractivity contribution is 5.65. The van der Waals surface area contributed by atoms with Crippen LogP contribution in [0.2, 0.25) is 0 Å². The Labute approximate surface area is 207 Å². The molecule has 0 heterocycles. The Kier molecular flexibility index (Phi) is 6.70. The predicted molar refractivity (Wildman–Crippen MR) is 141 cm³/mol. The molecule has 0 radical (unpaired) electrons. The molecule has 3 heteroatoms. The first-order valence-electron chi connectivity index (χ1n) is 13.3. The van der Waals surface area contributed by atoms with E-state index in [0.717, 1.165) is 56.0 Å². The van der Waals surface area contributed by atoms with Gasteiger partial charge in [-0.3, -0.25) is 0 Å². The summed E-state index contributed by atoms with van der Waals surface area (Å²) in [7, 11) is 0. The summed E-state index contributed by atoms with van der Waals surface area (Å²) in [5.41, 5.74) is 7.10. The summed E-state index contributed by atoms with van der Waals surface area (Å²) in [6.07, 6.45) is 5.17. The fraction of sp³-hybridized carbons (Fsp3) is 0.613. The normalized spacial score (nSPS) is 21.4. The van der Waals surface area contributed by atoms with E-state index in [1.807, 2.05) is 0 Å². The van der Waals surface area contributed by atoms with Crippen LogP contribution in [0.15, 0.2) is 24.3 Å². The van der Waals surface area contributed by atoms with Crippen molar-refractivity contribution < 1.29 is 14.2 Å². The summed E-state index contributed by atoms with van der Waals surface area (Å²) in [6.45, 7) is 20.4. The van der Waals surface area contributed by atoms with Gasteiger partial charge in [-0.2, -0.15) is 0 Å². The molecule has 1 atom stereocenters. The van der Waals surface area contributed by atoms with Crippen molar-refractivity contribution in [2.75, 3.05) is 19.8 Å². The van der Waals surface area contributed by atoms with Crippen LogP contribution >= 0.6 is 0 Å². The number of hydrogen-bond acceptors (Lipinski definition) is 3. The molecule has 0 amide bonds. The maximum absolute atomic E-state index is 6.27. The Balaban J connectivity index is 1.92.